The number of hydrogen-bond acceptors (Lipinski definition) is 6. The number of ether oxygens (including phenoxy) is 3. The Bertz CT molecular complexity index is 1100. The smallest absolute Gasteiger partial charge is 0.242 e. The average Bonchev–Trinajstić information content (AvgIpc) is 3.35. The molecule has 2 N–H and O–H groups in total. The molecule has 0 spiro atoms. The second-order valence-corrected chi connectivity index (χ2v) is 6.92. The van der Waals surface area contributed by atoms with Gasteiger partial charge in [-0.05, 0) is 37.3 Å². The van der Waals surface area contributed by atoms with Gasteiger partial charge < -0.3 is 29.3 Å². The number of methoxy groups -OCH3 is 1. The molecule has 0 saturated carbocycles. The fourth-order valence-electron chi connectivity index (χ4n) is 3.42. The average molecular weight is 410 g/mol. The van der Waals surface area contributed by atoms with Crippen LogP contribution in [0.25, 0.3) is 22.3 Å². The van der Waals surface area contributed by atoms with Crippen molar-refractivity contribution < 1.29 is 28.2 Å². The summed E-state index contributed by atoms with van der Waals surface area (Å²) in [5, 5.41) is 5.99. The van der Waals surface area contributed by atoms with Gasteiger partial charge in [0.25, 0.3) is 0 Å². The number of rotatable bonds is 6. The minimum atomic E-state index is -0.647. The van der Waals surface area contributed by atoms with Gasteiger partial charge >= 0.3 is 0 Å². The largest absolute Gasteiger partial charge is 0.497 e. The van der Waals surface area contributed by atoms with E-state index in [1.165, 1.54) is 7.05 Å². The zero-order chi connectivity index (χ0) is 21.3. The third kappa shape index (κ3) is 3.63. The molecule has 2 aromatic carbocycles. The second kappa shape index (κ2) is 7.98. The van der Waals surface area contributed by atoms with E-state index in [-0.39, 0.29) is 25.0 Å². The maximum Gasteiger partial charge on any atom is 0.242 e. The molecule has 2 heterocycles. The molecule has 4 rings (SSSR count). The van der Waals surface area contributed by atoms with Crippen molar-refractivity contribution in [3.05, 3.63) is 42.0 Å². The third-order valence-electron chi connectivity index (χ3n) is 4.99. The molecule has 0 radical (unpaired) electrons. The number of furan rings is 1. The van der Waals surface area contributed by atoms with E-state index in [0.717, 1.165) is 10.9 Å². The van der Waals surface area contributed by atoms with Crippen molar-refractivity contribution in [1.29, 1.82) is 0 Å². The molecule has 30 heavy (non-hydrogen) atoms. The Balaban J connectivity index is 1.74. The zero-order valence-electron chi connectivity index (χ0n) is 16.9. The molecule has 1 aromatic heterocycles. The van der Waals surface area contributed by atoms with Crippen molar-refractivity contribution in [1.82, 2.24) is 10.6 Å². The minimum absolute atomic E-state index is 0.0370. The predicted molar refractivity (Wildman–Crippen MR) is 110 cm³/mol. The fourth-order valence-corrected chi connectivity index (χ4v) is 3.42. The number of hydrogen-bond donors (Lipinski definition) is 2. The van der Waals surface area contributed by atoms with Crippen molar-refractivity contribution in [2.75, 3.05) is 21.0 Å². The highest BCUT2D eigenvalue weighted by atomic mass is 16.7. The quantitative estimate of drug-likeness (QED) is 0.648. The number of carbonyl (C=O) groups excluding carboxylic acids is 2. The Kier molecular flexibility index (Phi) is 5.22. The summed E-state index contributed by atoms with van der Waals surface area (Å²) in [6, 6.07) is 10.3. The summed E-state index contributed by atoms with van der Waals surface area (Å²) in [6.07, 6.45) is 0.0370. The Morgan fingerprint density at radius 2 is 1.83 bits per heavy atom. The van der Waals surface area contributed by atoms with E-state index < -0.39 is 6.04 Å². The first-order valence-electron chi connectivity index (χ1n) is 9.50. The van der Waals surface area contributed by atoms with E-state index in [1.54, 1.807) is 20.1 Å². The van der Waals surface area contributed by atoms with Gasteiger partial charge in [-0.15, -0.1) is 0 Å². The molecule has 8 heteroatoms. The molecular weight excluding hydrogens is 388 g/mol. The molecule has 1 atom stereocenters. The van der Waals surface area contributed by atoms with Crippen LogP contribution in [-0.4, -0.2) is 38.8 Å². The van der Waals surface area contributed by atoms with Gasteiger partial charge in [0.05, 0.1) is 13.5 Å². The van der Waals surface area contributed by atoms with Crippen LogP contribution in [0.2, 0.25) is 0 Å². The van der Waals surface area contributed by atoms with E-state index >= 15 is 0 Å². The van der Waals surface area contributed by atoms with Crippen LogP contribution in [-0.2, 0) is 16.0 Å². The molecular formula is C22H22N2O6. The number of likely N-dealkylation sites (N-methyl/N-ethyl adjacent to an activating group) is 1. The summed E-state index contributed by atoms with van der Waals surface area (Å²) in [6.45, 7) is 1.78. The Hall–Kier alpha value is -3.68. The maximum absolute atomic E-state index is 12.7. The Morgan fingerprint density at radius 3 is 2.50 bits per heavy atom. The molecule has 2 amide bonds. The SMILES string of the molecule is CNC(=O)C(C)NC(=O)Cc1c(-c2ccc(OC)cc2)oc2cc3c(cc12)OCO3. The maximum atomic E-state index is 12.7. The van der Waals surface area contributed by atoms with Crippen LogP contribution in [0.5, 0.6) is 17.2 Å². The van der Waals surface area contributed by atoms with Gasteiger partial charge in [0.2, 0.25) is 18.6 Å². The summed E-state index contributed by atoms with van der Waals surface area (Å²) in [5.41, 5.74) is 2.10. The molecule has 1 unspecified atom stereocenters. The van der Waals surface area contributed by atoms with E-state index in [9.17, 15) is 9.59 Å². The molecule has 156 valence electrons. The topological polar surface area (TPSA) is 99.0 Å². The molecule has 8 nitrogen and oxygen atoms in total. The number of benzene rings is 2. The standard InChI is InChI=1S/C22H22N2O6/c1-12(22(26)23-2)24-20(25)9-16-15-8-18-19(29-11-28-18)10-17(15)30-21(16)13-4-6-14(27-3)7-5-13/h4-8,10,12H,9,11H2,1-3H3,(H,23,26)(H,24,25). The minimum Gasteiger partial charge on any atom is -0.497 e. The van der Waals surface area contributed by atoms with Crippen LogP contribution in [0.1, 0.15) is 12.5 Å². The van der Waals surface area contributed by atoms with Gasteiger partial charge in [-0.3, -0.25) is 9.59 Å². The summed E-state index contributed by atoms with van der Waals surface area (Å²) in [7, 11) is 3.13. The molecule has 0 fully saturated rings. The number of fused-ring (bicyclic) bond motifs is 2. The van der Waals surface area contributed by atoms with E-state index in [0.29, 0.717) is 34.2 Å². The first kappa shape index (κ1) is 19.6. The van der Waals surface area contributed by atoms with Gasteiger partial charge in [0, 0.05) is 29.6 Å². The lowest BCUT2D eigenvalue weighted by molar-refractivity contribution is -0.127. The number of nitrogens with one attached hydrogen (secondary N) is 2. The van der Waals surface area contributed by atoms with E-state index in [2.05, 4.69) is 10.6 Å². The van der Waals surface area contributed by atoms with Crippen LogP contribution in [0.3, 0.4) is 0 Å². The summed E-state index contributed by atoms with van der Waals surface area (Å²) in [5.74, 6) is 1.93. The number of amides is 2. The monoisotopic (exact) mass is 410 g/mol. The van der Waals surface area contributed by atoms with Crippen LogP contribution in [0.4, 0.5) is 0 Å². The fraction of sp³-hybridized carbons (Fsp3) is 0.273. The van der Waals surface area contributed by atoms with Crippen LogP contribution in [0, 0.1) is 0 Å². The van der Waals surface area contributed by atoms with Crippen LogP contribution >= 0.6 is 0 Å². The molecule has 0 bridgehead atoms. The Morgan fingerprint density at radius 1 is 1.13 bits per heavy atom. The molecule has 0 saturated heterocycles. The lowest BCUT2D eigenvalue weighted by Gasteiger charge is -2.12. The first-order valence-corrected chi connectivity index (χ1v) is 9.50. The van der Waals surface area contributed by atoms with Crippen LogP contribution < -0.4 is 24.8 Å². The van der Waals surface area contributed by atoms with Crippen molar-refractivity contribution in [2.24, 2.45) is 0 Å². The normalized spacial score (nSPS) is 13.2. The third-order valence-corrected chi connectivity index (χ3v) is 4.99. The van der Waals surface area contributed by atoms with Crippen molar-refractivity contribution in [3.63, 3.8) is 0 Å². The summed E-state index contributed by atoms with van der Waals surface area (Å²) < 4.78 is 22.3. The lowest BCUT2D eigenvalue weighted by atomic mass is 10.0. The molecule has 3 aromatic rings. The molecule has 1 aliphatic rings. The van der Waals surface area contributed by atoms with Gasteiger partial charge in [0.1, 0.15) is 23.1 Å². The van der Waals surface area contributed by atoms with Gasteiger partial charge in [-0.1, -0.05) is 0 Å². The van der Waals surface area contributed by atoms with Crippen molar-refractivity contribution in [2.45, 2.75) is 19.4 Å². The highest BCUT2D eigenvalue weighted by Crippen LogP contribution is 2.42. The summed E-state index contributed by atoms with van der Waals surface area (Å²) >= 11 is 0. The lowest BCUT2D eigenvalue weighted by Crippen LogP contribution is -2.44. The Labute approximate surface area is 173 Å². The first-order chi connectivity index (χ1) is 14.5. The van der Waals surface area contributed by atoms with Gasteiger partial charge in [-0.2, -0.15) is 0 Å². The predicted octanol–water partition coefficient (Wildman–Crippen LogP) is 2.63. The highest BCUT2D eigenvalue weighted by Gasteiger charge is 2.24. The van der Waals surface area contributed by atoms with Gasteiger partial charge in [0.15, 0.2) is 11.5 Å². The second-order valence-electron chi connectivity index (χ2n) is 6.92. The molecule has 0 aliphatic carbocycles. The summed E-state index contributed by atoms with van der Waals surface area (Å²) in [4.78, 5) is 24.4. The van der Waals surface area contributed by atoms with Crippen molar-refractivity contribution >= 4 is 22.8 Å². The van der Waals surface area contributed by atoms with Crippen LogP contribution in [0.15, 0.2) is 40.8 Å². The van der Waals surface area contributed by atoms with E-state index in [1.807, 2.05) is 30.3 Å². The van der Waals surface area contributed by atoms with Gasteiger partial charge in [-0.25, -0.2) is 0 Å². The molecule has 1 aliphatic heterocycles. The highest BCUT2D eigenvalue weighted by molar-refractivity contribution is 5.96. The number of carbonyl (C=O) groups is 2. The van der Waals surface area contributed by atoms with E-state index in [4.69, 9.17) is 18.6 Å². The zero-order valence-corrected chi connectivity index (χ0v) is 16.9. The van der Waals surface area contributed by atoms with Crippen molar-refractivity contribution in [3.8, 4) is 28.6 Å².